The quantitative estimate of drug-likeness (QED) is 0.571. The summed E-state index contributed by atoms with van der Waals surface area (Å²) in [7, 11) is 2.18. The van der Waals surface area contributed by atoms with Gasteiger partial charge in [0.15, 0.2) is 0 Å². The average Bonchev–Trinajstić information content (AvgIpc) is 1.99. The van der Waals surface area contributed by atoms with Crippen LogP contribution in [0.3, 0.4) is 0 Å². The first kappa shape index (κ1) is 9.96. The Balaban J connectivity index is 3.17. The molecule has 0 aliphatic carbocycles. The van der Waals surface area contributed by atoms with Gasteiger partial charge in [-0.2, -0.15) is 0 Å². The van der Waals surface area contributed by atoms with Crippen LogP contribution >= 0.6 is 0 Å². The van der Waals surface area contributed by atoms with E-state index in [1.54, 1.807) is 0 Å². The Bertz CT molecular complexity index is 61.1. The molecule has 0 unspecified atom stereocenters. The van der Waals surface area contributed by atoms with Gasteiger partial charge in [-0.3, -0.25) is 0 Å². The first-order chi connectivity index (χ1) is 4.70. The van der Waals surface area contributed by atoms with Crippen LogP contribution in [0.25, 0.3) is 0 Å². The molecule has 0 aromatic heterocycles. The molecule has 0 aliphatic rings. The van der Waals surface area contributed by atoms with Crippen LogP contribution < -0.4 is 0 Å². The number of hydrogen-bond acceptors (Lipinski definition) is 1. The lowest BCUT2D eigenvalue weighted by Crippen LogP contribution is -2.20. The van der Waals surface area contributed by atoms with E-state index in [4.69, 9.17) is 0 Å². The maximum absolute atomic E-state index is 2.37. The predicted octanol–water partition coefficient (Wildman–Crippen LogP) is 2.37. The van der Waals surface area contributed by atoms with Crippen LogP contribution in [0.4, 0.5) is 0 Å². The minimum Gasteiger partial charge on any atom is -0.307 e. The molecule has 0 N–H and O–H groups in total. The van der Waals surface area contributed by atoms with E-state index in [1.165, 1.54) is 25.9 Å². The van der Waals surface area contributed by atoms with Gasteiger partial charge in [-0.05, 0) is 32.5 Å². The zero-order chi connectivity index (χ0) is 7.98. The highest BCUT2D eigenvalue weighted by Gasteiger charge is 1.99. The lowest BCUT2D eigenvalue weighted by atomic mass is 10.1. The third-order valence-corrected chi connectivity index (χ3v) is 2.24. The van der Waals surface area contributed by atoms with Gasteiger partial charge in [0, 0.05) is 0 Å². The van der Waals surface area contributed by atoms with E-state index in [0.29, 0.717) is 0 Å². The molecule has 62 valence electrons. The molecule has 0 aromatic carbocycles. The average molecular weight is 143 g/mol. The van der Waals surface area contributed by atoms with Crippen molar-refractivity contribution >= 4 is 0 Å². The lowest BCUT2D eigenvalue weighted by Gasteiger charge is -2.15. The molecule has 0 bridgehead atoms. The third kappa shape index (κ3) is 4.80. The number of rotatable bonds is 5. The second-order valence-corrected chi connectivity index (χ2v) is 3.20. The van der Waals surface area contributed by atoms with Crippen molar-refractivity contribution in [3.8, 4) is 0 Å². The Kier molecular flexibility index (Phi) is 5.70. The van der Waals surface area contributed by atoms with Crippen molar-refractivity contribution in [3.05, 3.63) is 0 Å². The summed E-state index contributed by atoms with van der Waals surface area (Å²) in [5, 5.41) is 0. The van der Waals surface area contributed by atoms with Gasteiger partial charge < -0.3 is 4.90 Å². The van der Waals surface area contributed by atoms with Crippen molar-refractivity contribution in [2.24, 2.45) is 5.92 Å². The number of nitrogens with zero attached hydrogens (tertiary/aromatic N) is 1. The molecule has 0 amide bonds. The van der Waals surface area contributed by atoms with Crippen LogP contribution in [0.15, 0.2) is 0 Å². The zero-order valence-electron chi connectivity index (χ0n) is 7.85. The van der Waals surface area contributed by atoms with Crippen molar-refractivity contribution in [3.63, 3.8) is 0 Å². The van der Waals surface area contributed by atoms with Crippen LogP contribution in [0, 0.1) is 5.92 Å². The normalized spacial score (nSPS) is 14.1. The smallest absolute Gasteiger partial charge is 0.00194 e. The second kappa shape index (κ2) is 5.72. The van der Waals surface area contributed by atoms with E-state index in [2.05, 4.69) is 32.7 Å². The van der Waals surface area contributed by atoms with E-state index < -0.39 is 0 Å². The molecule has 0 aliphatic heterocycles. The molecule has 1 nitrogen and oxygen atoms in total. The fraction of sp³-hybridized carbons (Fsp3) is 1.00. The van der Waals surface area contributed by atoms with Crippen LogP contribution in [0.5, 0.6) is 0 Å². The van der Waals surface area contributed by atoms with Crippen molar-refractivity contribution < 1.29 is 0 Å². The van der Waals surface area contributed by atoms with E-state index >= 15 is 0 Å². The Labute approximate surface area is 65.4 Å². The van der Waals surface area contributed by atoms with Crippen LogP contribution in [-0.2, 0) is 0 Å². The van der Waals surface area contributed by atoms with Gasteiger partial charge in [0.25, 0.3) is 0 Å². The predicted molar refractivity (Wildman–Crippen MR) is 47.2 cm³/mol. The van der Waals surface area contributed by atoms with Crippen molar-refractivity contribution in [2.75, 3.05) is 20.1 Å². The van der Waals surface area contributed by atoms with Crippen molar-refractivity contribution in [2.45, 2.75) is 33.6 Å². The number of hydrogen-bond donors (Lipinski definition) is 0. The maximum Gasteiger partial charge on any atom is -0.00194 e. The monoisotopic (exact) mass is 143 g/mol. The Morgan fingerprint density at radius 2 is 1.90 bits per heavy atom. The molecule has 1 heteroatoms. The second-order valence-electron chi connectivity index (χ2n) is 3.20. The molecular weight excluding hydrogens is 122 g/mol. The Hall–Kier alpha value is -0.0400. The summed E-state index contributed by atoms with van der Waals surface area (Å²) >= 11 is 0. The third-order valence-electron chi connectivity index (χ3n) is 2.24. The standard InChI is InChI=1S/C9H21N/c1-5-9(3)7-8-10(4)6-2/h9H,5-8H2,1-4H3/t9-/m1/s1. The summed E-state index contributed by atoms with van der Waals surface area (Å²) in [5.41, 5.74) is 0. The highest BCUT2D eigenvalue weighted by molar-refractivity contribution is 4.53. The molecule has 1 atom stereocenters. The van der Waals surface area contributed by atoms with Gasteiger partial charge in [-0.15, -0.1) is 0 Å². The SMILES string of the molecule is CC[C@@H](C)CCN(C)CC. The first-order valence-electron chi connectivity index (χ1n) is 4.39. The fourth-order valence-electron chi connectivity index (χ4n) is 0.803. The highest BCUT2D eigenvalue weighted by Crippen LogP contribution is 2.06. The zero-order valence-corrected chi connectivity index (χ0v) is 7.85. The largest absolute Gasteiger partial charge is 0.307 e. The Morgan fingerprint density at radius 3 is 2.30 bits per heavy atom. The summed E-state index contributed by atoms with van der Waals surface area (Å²) in [5.74, 6) is 0.897. The summed E-state index contributed by atoms with van der Waals surface area (Å²) in [6, 6.07) is 0. The van der Waals surface area contributed by atoms with Crippen LogP contribution in [0.1, 0.15) is 33.6 Å². The highest BCUT2D eigenvalue weighted by atomic mass is 15.1. The summed E-state index contributed by atoms with van der Waals surface area (Å²) < 4.78 is 0. The van der Waals surface area contributed by atoms with Gasteiger partial charge in [-0.1, -0.05) is 27.2 Å². The minimum atomic E-state index is 0.897. The molecule has 0 radical (unpaired) electrons. The molecule has 0 aromatic rings. The van der Waals surface area contributed by atoms with E-state index in [0.717, 1.165) is 5.92 Å². The van der Waals surface area contributed by atoms with Gasteiger partial charge in [0.05, 0.1) is 0 Å². The molecule has 10 heavy (non-hydrogen) atoms. The lowest BCUT2D eigenvalue weighted by molar-refractivity contribution is 0.317. The fourth-order valence-corrected chi connectivity index (χ4v) is 0.803. The molecule has 0 rings (SSSR count). The molecule has 0 saturated carbocycles. The summed E-state index contributed by atoms with van der Waals surface area (Å²) in [6.45, 7) is 9.22. The van der Waals surface area contributed by atoms with E-state index in [9.17, 15) is 0 Å². The van der Waals surface area contributed by atoms with Gasteiger partial charge >= 0.3 is 0 Å². The van der Waals surface area contributed by atoms with Gasteiger partial charge in [0.2, 0.25) is 0 Å². The molecule has 0 heterocycles. The van der Waals surface area contributed by atoms with Crippen LogP contribution in [-0.4, -0.2) is 25.0 Å². The first-order valence-corrected chi connectivity index (χ1v) is 4.39. The topological polar surface area (TPSA) is 3.24 Å². The van der Waals surface area contributed by atoms with E-state index in [-0.39, 0.29) is 0 Å². The summed E-state index contributed by atoms with van der Waals surface area (Å²) in [4.78, 5) is 2.37. The summed E-state index contributed by atoms with van der Waals surface area (Å²) in [6.07, 6.45) is 2.67. The van der Waals surface area contributed by atoms with Crippen LogP contribution in [0.2, 0.25) is 0 Å². The van der Waals surface area contributed by atoms with Crippen molar-refractivity contribution in [1.82, 2.24) is 4.90 Å². The van der Waals surface area contributed by atoms with E-state index in [1.807, 2.05) is 0 Å². The van der Waals surface area contributed by atoms with Gasteiger partial charge in [0.1, 0.15) is 0 Å². The Morgan fingerprint density at radius 1 is 1.30 bits per heavy atom. The van der Waals surface area contributed by atoms with Gasteiger partial charge in [-0.25, -0.2) is 0 Å². The van der Waals surface area contributed by atoms with Crippen molar-refractivity contribution in [1.29, 1.82) is 0 Å². The molecule has 0 spiro atoms. The molecular formula is C9H21N. The molecule has 0 saturated heterocycles. The maximum atomic E-state index is 2.37. The minimum absolute atomic E-state index is 0.897. The molecule has 0 fully saturated rings.